The number of nitrogen functional groups attached to an aromatic ring is 1. The van der Waals surface area contributed by atoms with Gasteiger partial charge in [-0.05, 0) is 75.8 Å². The molecular formula is C20H28N4OS. The van der Waals surface area contributed by atoms with Crippen molar-refractivity contribution in [3.8, 4) is 0 Å². The highest BCUT2D eigenvalue weighted by Crippen LogP contribution is 2.45. The summed E-state index contributed by atoms with van der Waals surface area (Å²) in [6.45, 7) is 0.759. The zero-order valence-corrected chi connectivity index (χ0v) is 16.3. The summed E-state index contributed by atoms with van der Waals surface area (Å²) < 4.78 is 0. The van der Waals surface area contributed by atoms with Crippen LogP contribution in [0.3, 0.4) is 0 Å². The lowest BCUT2D eigenvalue weighted by Crippen LogP contribution is -2.30. The van der Waals surface area contributed by atoms with Crippen LogP contribution in [-0.4, -0.2) is 39.2 Å². The molecule has 0 saturated heterocycles. The standard InChI is InChI=1S/C20H28N4OS/c1-24(13-6-11-8-14(25)9-12(11)7-13)10-17-22-19(21)18-15-4-2-3-5-16(15)26-20(18)23-17/h11-14,25H,2-10H2,1H3,(H2,21,22,23)/t11-,12+,13?,14?. The minimum Gasteiger partial charge on any atom is -0.393 e. The van der Waals surface area contributed by atoms with Gasteiger partial charge in [-0.15, -0.1) is 11.3 Å². The number of aliphatic hydroxyl groups is 1. The minimum atomic E-state index is -0.0633. The van der Waals surface area contributed by atoms with Gasteiger partial charge >= 0.3 is 0 Å². The Morgan fingerprint density at radius 3 is 2.62 bits per heavy atom. The Labute approximate surface area is 158 Å². The maximum atomic E-state index is 9.85. The molecular weight excluding hydrogens is 344 g/mol. The Morgan fingerprint density at radius 1 is 1.12 bits per heavy atom. The van der Waals surface area contributed by atoms with Crippen LogP contribution in [0.1, 0.15) is 54.8 Å². The predicted octanol–water partition coefficient (Wildman–Crippen LogP) is 3.13. The first-order chi connectivity index (χ1) is 12.6. The van der Waals surface area contributed by atoms with Crippen LogP contribution >= 0.6 is 11.3 Å². The number of anilines is 1. The van der Waals surface area contributed by atoms with Gasteiger partial charge < -0.3 is 10.8 Å². The van der Waals surface area contributed by atoms with E-state index in [0.717, 1.165) is 41.8 Å². The molecule has 26 heavy (non-hydrogen) atoms. The lowest BCUT2D eigenvalue weighted by atomic mass is 9.97. The third-order valence-corrected chi connectivity index (χ3v) is 8.05. The van der Waals surface area contributed by atoms with E-state index in [1.807, 2.05) is 11.3 Å². The normalized spacial score (nSPS) is 30.9. The Hall–Kier alpha value is -1.24. The predicted molar refractivity (Wildman–Crippen MR) is 105 cm³/mol. The summed E-state index contributed by atoms with van der Waals surface area (Å²) in [5, 5.41) is 11.0. The highest BCUT2D eigenvalue weighted by atomic mass is 32.1. The van der Waals surface area contributed by atoms with Gasteiger partial charge in [0.05, 0.1) is 18.0 Å². The summed E-state index contributed by atoms with van der Waals surface area (Å²) >= 11 is 1.82. The Bertz CT molecular complexity index is 821. The van der Waals surface area contributed by atoms with Gasteiger partial charge in [-0.2, -0.15) is 0 Å². The highest BCUT2D eigenvalue weighted by molar-refractivity contribution is 7.19. The van der Waals surface area contributed by atoms with E-state index in [1.165, 1.54) is 42.5 Å². The molecule has 2 heterocycles. The minimum absolute atomic E-state index is 0.0633. The van der Waals surface area contributed by atoms with E-state index < -0.39 is 0 Å². The van der Waals surface area contributed by atoms with Crippen LogP contribution in [0.25, 0.3) is 10.2 Å². The van der Waals surface area contributed by atoms with Crippen LogP contribution in [0, 0.1) is 11.8 Å². The third kappa shape index (κ3) is 2.83. The molecule has 2 saturated carbocycles. The number of aryl methyl sites for hydroxylation is 2. The van der Waals surface area contributed by atoms with E-state index in [-0.39, 0.29) is 6.10 Å². The van der Waals surface area contributed by atoms with Crippen molar-refractivity contribution in [3.05, 3.63) is 16.3 Å². The number of aliphatic hydroxyl groups excluding tert-OH is 1. The average Bonchev–Trinajstić information content (AvgIpc) is 3.24. The van der Waals surface area contributed by atoms with Crippen LogP contribution in [0.2, 0.25) is 0 Å². The van der Waals surface area contributed by atoms with E-state index in [0.29, 0.717) is 23.7 Å². The van der Waals surface area contributed by atoms with Crippen molar-refractivity contribution in [3.63, 3.8) is 0 Å². The molecule has 0 spiro atoms. The summed E-state index contributed by atoms with van der Waals surface area (Å²) in [5.41, 5.74) is 7.77. The van der Waals surface area contributed by atoms with Crippen LogP contribution < -0.4 is 5.73 Å². The van der Waals surface area contributed by atoms with E-state index in [1.54, 1.807) is 0 Å². The van der Waals surface area contributed by atoms with Gasteiger partial charge in [0, 0.05) is 10.9 Å². The Balaban J connectivity index is 1.35. The van der Waals surface area contributed by atoms with Crippen LogP contribution in [-0.2, 0) is 19.4 Å². The van der Waals surface area contributed by atoms with Gasteiger partial charge in [0.2, 0.25) is 0 Å². The first-order valence-electron chi connectivity index (χ1n) is 10.0. The van der Waals surface area contributed by atoms with Crippen molar-refractivity contribution in [1.82, 2.24) is 14.9 Å². The van der Waals surface area contributed by atoms with Crippen molar-refractivity contribution < 1.29 is 5.11 Å². The second kappa shape index (κ2) is 6.43. The fraction of sp³-hybridized carbons (Fsp3) is 0.700. The maximum Gasteiger partial charge on any atom is 0.146 e. The average molecular weight is 373 g/mol. The lowest BCUT2D eigenvalue weighted by Gasteiger charge is -2.24. The van der Waals surface area contributed by atoms with Crippen LogP contribution in [0.4, 0.5) is 5.82 Å². The maximum absolute atomic E-state index is 9.85. The number of nitrogens with two attached hydrogens (primary N) is 1. The van der Waals surface area contributed by atoms with Crippen molar-refractivity contribution in [1.29, 1.82) is 0 Å². The number of hydrogen-bond donors (Lipinski definition) is 2. The van der Waals surface area contributed by atoms with Gasteiger partial charge in [-0.3, -0.25) is 4.90 Å². The fourth-order valence-corrected chi connectivity index (χ4v) is 6.85. The van der Waals surface area contributed by atoms with Crippen molar-refractivity contribution >= 4 is 27.4 Å². The quantitative estimate of drug-likeness (QED) is 0.866. The summed E-state index contributed by atoms with van der Waals surface area (Å²) in [6.07, 6.45) is 9.14. The van der Waals surface area contributed by atoms with Crippen LogP contribution in [0.5, 0.6) is 0 Å². The second-order valence-electron chi connectivity index (χ2n) is 8.60. The molecule has 0 bridgehead atoms. The third-order valence-electron chi connectivity index (χ3n) is 6.87. The number of nitrogens with zero attached hydrogens (tertiary/aromatic N) is 3. The zero-order chi connectivity index (χ0) is 17.8. The van der Waals surface area contributed by atoms with E-state index in [4.69, 9.17) is 10.7 Å². The number of rotatable bonds is 3. The smallest absolute Gasteiger partial charge is 0.146 e. The van der Waals surface area contributed by atoms with Crippen molar-refractivity contribution in [2.45, 2.75) is 70.1 Å². The van der Waals surface area contributed by atoms with Gasteiger partial charge in [0.15, 0.2) is 0 Å². The number of aromatic nitrogens is 2. The first kappa shape index (κ1) is 16.9. The van der Waals surface area contributed by atoms with Crippen LogP contribution in [0.15, 0.2) is 0 Å². The molecule has 2 aromatic heterocycles. The summed E-state index contributed by atoms with van der Waals surface area (Å²) in [6, 6.07) is 0.578. The fourth-order valence-electron chi connectivity index (χ4n) is 5.57. The number of fused-ring (bicyclic) bond motifs is 4. The summed E-state index contributed by atoms with van der Waals surface area (Å²) in [7, 11) is 2.19. The van der Waals surface area contributed by atoms with E-state index >= 15 is 0 Å². The molecule has 5 nitrogen and oxygen atoms in total. The molecule has 2 unspecified atom stereocenters. The van der Waals surface area contributed by atoms with Gasteiger partial charge in [0.25, 0.3) is 0 Å². The molecule has 3 aliphatic carbocycles. The number of thiophene rings is 1. The summed E-state index contributed by atoms with van der Waals surface area (Å²) in [4.78, 5) is 14.5. The molecule has 140 valence electrons. The SMILES string of the molecule is CN(Cc1nc(N)c2c3c(sc2n1)CCCC3)C1C[C@H]2CC(O)C[C@H]2C1. The second-order valence-corrected chi connectivity index (χ2v) is 9.69. The molecule has 5 rings (SSSR count). The molecule has 6 heteroatoms. The van der Waals surface area contributed by atoms with E-state index in [2.05, 4.69) is 16.9 Å². The molecule has 0 radical (unpaired) electrons. The largest absolute Gasteiger partial charge is 0.393 e. The van der Waals surface area contributed by atoms with Gasteiger partial charge in [0.1, 0.15) is 16.5 Å². The molecule has 0 aliphatic heterocycles. The topological polar surface area (TPSA) is 75.3 Å². The summed E-state index contributed by atoms with van der Waals surface area (Å²) in [5.74, 6) is 2.93. The Kier molecular flexibility index (Phi) is 4.18. The first-order valence-corrected chi connectivity index (χ1v) is 10.8. The van der Waals surface area contributed by atoms with Crippen molar-refractivity contribution in [2.24, 2.45) is 11.8 Å². The number of hydrogen-bond acceptors (Lipinski definition) is 6. The van der Waals surface area contributed by atoms with Gasteiger partial charge in [-0.25, -0.2) is 9.97 Å². The highest BCUT2D eigenvalue weighted by Gasteiger charge is 2.42. The molecule has 4 atom stereocenters. The molecule has 3 aliphatic rings. The molecule has 0 aromatic carbocycles. The monoisotopic (exact) mass is 372 g/mol. The molecule has 2 aromatic rings. The van der Waals surface area contributed by atoms with E-state index in [9.17, 15) is 5.11 Å². The van der Waals surface area contributed by atoms with Gasteiger partial charge in [-0.1, -0.05) is 0 Å². The molecule has 2 fully saturated rings. The molecule has 0 amide bonds. The lowest BCUT2D eigenvalue weighted by molar-refractivity contribution is 0.157. The Morgan fingerprint density at radius 2 is 1.85 bits per heavy atom. The zero-order valence-electron chi connectivity index (χ0n) is 15.4. The molecule has 3 N–H and O–H groups in total. The van der Waals surface area contributed by atoms with Crippen molar-refractivity contribution in [2.75, 3.05) is 12.8 Å².